The van der Waals surface area contributed by atoms with E-state index in [1.807, 2.05) is 20.8 Å². The van der Waals surface area contributed by atoms with E-state index in [-0.39, 0.29) is 21.5 Å². The van der Waals surface area contributed by atoms with Crippen LogP contribution in [0, 0.1) is 11.6 Å². The number of aromatic nitrogens is 4. The molecule has 0 aliphatic rings. The SMILES string of the molecule is CC(=N[S@](=O)C(C)(C)C)c1nc2ccc(F)cc2cc1-c1cccc(S(C)(=O)=O)n1.CC(=O)c1nc2ccc(F)cc2cc1-c1cccc(S(C)(=O)=O)n1. The van der Waals surface area contributed by atoms with Crippen LogP contribution in [0.3, 0.4) is 0 Å². The summed E-state index contributed by atoms with van der Waals surface area (Å²) in [4.78, 5) is 29.2. The number of fused-ring (bicyclic) bond motifs is 2. The highest BCUT2D eigenvalue weighted by Gasteiger charge is 2.22. The maximum atomic E-state index is 13.8. The molecule has 0 aliphatic heterocycles. The molecule has 0 bridgehead atoms. The summed E-state index contributed by atoms with van der Waals surface area (Å²) in [6.07, 6.45) is 2.13. The summed E-state index contributed by atoms with van der Waals surface area (Å²) >= 11 is 0. The first-order valence-electron chi connectivity index (χ1n) is 16.2. The molecule has 6 aromatic rings. The van der Waals surface area contributed by atoms with Gasteiger partial charge in [-0.05, 0) is 100 Å². The number of carbonyl (C=O) groups excluding carboxylic acids is 1. The van der Waals surface area contributed by atoms with Crippen molar-refractivity contribution in [2.45, 2.75) is 49.4 Å². The second kappa shape index (κ2) is 15.3. The van der Waals surface area contributed by atoms with Gasteiger partial charge in [0.2, 0.25) is 0 Å². The minimum absolute atomic E-state index is 0.0850. The molecule has 280 valence electrons. The fraction of sp³-hybridized carbons (Fsp3) is 0.211. The van der Waals surface area contributed by atoms with Crippen molar-refractivity contribution >= 4 is 64.0 Å². The van der Waals surface area contributed by atoms with Crippen LogP contribution in [0.25, 0.3) is 44.3 Å². The summed E-state index contributed by atoms with van der Waals surface area (Å²) in [5, 5.41) is 0.846. The molecular weight excluding hydrogens is 757 g/mol. The molecule has 0 aliphatic carbocycles. The molecule has 0 N–H and O–H groups in total. The molecule has 16 heteroatoms. The number of carbonyl (C=O) groups is 1. The van der Waals surface area contributed by atoms with Crippen molar-refractivity contribution in [3.05, 3.63) is 108 Å². The van der Waals surface area contributed by atoms with Crippen LogP contribution < -0.4 is 0 Å². The third-order valence-electron chi connectivity index (χ3n) is 7.73. The Labute approximate surface area is 314 Å². The van der Waals surface area contributed by atoms with E-state index in [1.165, 1.54) is 49.4 Å². The number of ketones is 1. The van der Waals surface area contributed by atoms with Crippen LogP contribution in [-0.4, -0.2) is 69.7 Å². The van der Waals surface area contributed by atoms with Crippen molar-refractivity contribution in [1.29, 1.82) is 0 Å². The molecule has 4 heterocycles. The Balaban J connectivity index is 0.000000213. The minimum atomic E-state index is -3.52. The van der Waals surface area contributed by atoms with Crippen molar-refractivity contribution in [3.8, 4) is 22.5 Å². The summed E-state index contributed by atoms with van der Waals surface area (Å²) in [6.45, 7) is 8.49. The van der Waals surface area contributed by atoms with Gasteiger partial charge in [0, 0.05) is 41.3 Å². The van der Waals surface area contributed by atoms with Gasteiger partial charge in [0.05, 0.1) is 38.6 Å². The summed E-state index contributed by atoms with van der Waals surface area (Å²) < 4.78 is 90.8. The molecule has 1 atom stereocenters. The van der Waals surface area contributed by atoms with Crippen molar-refractivity contribution < 1.29 is 34.6 Å². The van der Waals surface area contributed by atoms with Gasteiger partial charge < -0.3 is 0 Å². The quantitative estimate of drug-likeness (QED) is 0.120. The van der Waals surface area contributed by atoms with E-state index in [4.69, 9.17) is 0 Å². The minimum Gasteiger partial charge on any atom is -0.293 e. The third-order valence-corrected chi connectivity index (χ3v) is 11.2. The molecule has 0 saturated heterocycles. The predicted octanol–water partition coefficient (Wildman–Crippen LogP) is 7.15. The number of hydrogen-bond donors (Lipinski definition) is 0. The largest absolute Gasteiger partial charge is 0.293 e. The number of sulfone groups is 2. The number of pyridine rings is 4. The molecule has 0 saturated carbocycles. The van der Waals surface area contributed by atoms with E-state index in [2.05, 4.69) is 24.3 Å². The van der Waals surface area contributed by atoms with Crippen LogP contribution >= 0.6 is 0 Å². The Morgan fingerprint density at radius 3 is 1.48 bits per heavy atom. The van der Waals surface area contributed by atoms with Gasteiger partial charge in [-0.1, -0.05) is 12.1 Å². The second-order valence-electron chi connectivity index (χ2n) is 13.3. The van der Waals surface area contributed by atoms with Gasteiger partial charge in [0.15, 0.2) is 35.5 Å². The summed E-state index contributed by atoms with van der Waals surface area (Å²) in [5.74, 6) is -1.13. The molecule has 11 nitrogen and oxygen atoms in total. The Bertz CT molecular complexity index is 2750. The summed E-state index contributed by atoms with van der Waals surface area (Å²) in [7, 11) is -8.53. The van der Waals surface area contributed by atoms with E-state index < -0.39 is 47.0 Å². The smallest absolute Gasteiger partial charge is 0.192 e. The third kappa shape index (κ3) is 9.29. The molecular formula is C38H35F2N5O6S3. The Morgan fingerprint density at radius 1 is 0.648 bits per heavy atom. The van der Waals surface area contributed by atoms with Crippen LogP contribution in [-0.2, 0) is 30.7 Å². The molecule has 0 spiro atoms. The van der Waals surface area contributed by atoms with Gasteiger partial charge in [-0.2, -0.15) is 4.40 Å². The average Bonchev–Trinajstić information content (AvgIpc) is 3.09. The first-order chi connectivity index (χ1) is 25.1. The van der Waals surface area contributed by atoms with Gasteiger partial charge >= 0.3 is 0 Å². The van der Waals surface area contributed by atoms with Crippen LogP contribution in [0.5, 0.6) is 0 Å². The van der Waals surface area contributed by atoms with Crippen LogP contribution in [0.4, 0.5) is 8.78 Å². The zero-order chi connectivity index (χ0) is 39.7. The van der Waals surface area contributed by atoms with Crippen molar-refractivity contribution in [2.24, 2.45) is 4.40 Å². The maximum Gasteiger partial charge on any atom is 0.192 e. The number of nitrogens with zero attached hydrogens (tertiary/aromatic N) is 5. The molecule has 2 aromatic carbocycles. The number of Topliss-reactive ketones (excluding diaryl/α,β-unsaturated/α-hetero) is 1. The van der Waals surface area contributed by atoms with E-state index in [0.717, 1.165) is 12.5 Å². The summed E-state index contributed by atoms with van der Waals surface area (Å²) in [5.41, 5.74) is 3.48. The van der Waals surface area contributed by atoms with E-state index >= 15 is 0 Å². The van der Waals surface area contributed by atoms with Gasteiger partial charge in [0.1, 0.15) is 28.3 Å². The van der Waals surface area contributed by atoms with E-state index in [1.54, 1.807) is 49.4 Å². The normalized spacial score (nSPS) is 13.0. The fourth-order valence-electron chi connectivity index (χ4n) is 5.08. The number of hydrogen-bond acceptors (Lipinski definition) is 10. The lowest BCUT2D eigenvalue weighted by atomic mass is 10.0. The molecule has 6 rings (SSSR count). The summed E-state index contributed by atoms with van der Waals surface area (Å²) in [6, 6.07) is 20.7. The average molecular weight is 792 g/mol. The van der Waals surface area contributed by atoms with Crippen molar-refractivity contribution in [3.63, 3.8) is 0 Å². The van der Waals surface area contributed by atoms with Crippen LogP contribution in [0.15, 0.2) is 99.4 Å². The van der Waals surface area contributed by atoms with Gasteiger partial charge in [-0.15, -0.1) is 0 Å². The highest BCUT2D eigenvalue weighted by Crippen LogP contribution is 2.29. The van der Waals surface area contributed by atoms with Crippen molar-refractivity contribution in [2.75, 3.05) is 12.5 Å². The van der Waals surface area contributed by atoms with Gasteiger partial charge in [-0.25, -0.2) is 49.8 Å². The monoisotopic (exact) mass is 791 g/mol. The zero-order valence-corrected chi connectivity index (χ0v) is 32.7. The highest BCUT2D eigenvalue weighted by molar-refractivity contribution is 7.90. The standard InChI is InChI=1S/C21H22FN3O3S2.C17H13FN2O3S/c1-13(25-29(26)21(2,3)4)20-16(12-14-11-15(22)9-10-17(14)24-20)18-7-6-8-19(23-18)30(5,27)28;1-10(21)17-13(9-11-8-12(18)6-7-14(11)20-17)15-4-3-5-16(19-15)24(2,22)23/h6-12H,1-5H3;3-9H,1-2H3/t29-;/m1./s1. The number of benzene rings is 2. The lowest BCUT2D eigenvalue weighted by molar-refractivity contribution is 0.101. The Hall–Kier alpha value is -5.19. The number of halogens is 2. The van der Waals surface area contributed by atoms with Crippen LogP contribution in [0.1, 0.15) is 50.8 Å². The maximum absolute atomic E-state index is 13.8. The van der Waals surface area contributed by atoms with Crippen LogP contribution in [0.2, 0.25) is 0 Å². The Kier molecular flexibility index (Phi) is 11.3. The van der Waals surface area contributed by atoms with Gasteiger partial charge in [0.25, 0.3) is 0 Å². The first kappa shape index (κ1) is 40.0. The topological polar surface area (TPSA) is 166 Å². The predicted molar refractivity (Wildman–Crippen MR) is 206 cm³/mol. The second-order valence-corrected chi connectivity index (χ2v) is 19.1. The van der Waals surface area contributed by atoms with Crippen molar-refractivity contribution in [1.82, 2.24) is 19.9 Å². The molecule has 0 fully saturated rings. The van der Waals surface area contributed by atoms with Gasteiger partial charge in [-0.3, -0.25) is 4.79 Å². The fourth-order valence-corrected chi connectivity index (χ4v) is 6.87. The molecule has 0 radical (unpaired) electrons. The number of rotatable bonds is 7. The van der Waals surface area contributed by atoms with E-state index in [0.29, 0.717) is 55.7 Å². The molecule has 0 unspecified atom stereocenters. The first-order valence-corrected chi connectivity index (χ1v) is 21.0. The van der Waals surface area contributed by atoms with E-state index in [9.17, 15) is 34.6 Å². The Morgan fingerprint density at radius 2 is 1.07 bits per heavy atom. The molecule has 4 aromatic heterocycles. The highest BCUT2D eigenvalue weighted by atomic mass is 32.2. The zero-order valence-electron chi connectivity index (χ0n) is 30.2. The lowest BCUT2D eigenvalue weighted by Gasteiger charge is -2.15. The molecule has 0 amide bonds. The molecule has 54 heavy (non-hydrogen) atoms. The lowest BCUT2D eigenvalue weighted by Crippen LogP contribution is -2.21.